The van der Waals surface area contributed by atoms with Crippen LogP contribution in [-0.2, 0) is 9.59 Å². The first-order valence-corrected chi connectivity index (χ1v) is 12.2. The van der Waals surface area contributed by atoms with Crippen molar-refractivity contribution in [3.63, 3.8) is 0 Å². The van der Waals surface area contributed by atoms with Crippen LogP contribution in [0.5, 0.6) is 0 Å². The van der Waals surface area contributed by atoms with E-state index in [0.29, 0.717) is 0 Å². The standard InChI is InChI=1S/C24H30N4O2S/c29-23(25-19-9-1-3-11-21(19)27-13-5-6-14-27)17-31-18-24(30)26-20-10-2-4-12-22(20)28-15-7-8-16-28/h1-4,9-12H,5-8,13-18H2,(H,25,29)(H,26,30). The van der Waals surface area contributed by atoms with Crippen molar-refractivity contribution in [2.45, 2.75) is 25.7 Å². The molecule has 0 atom stereocenters. The van der Waals surface area contributed by atoms with Gasteiger partial charge >= 0.3 is 0 Å². The zero-order valence-electron chi connectivity index (χ0n) is 17.8. The third-order valence-corrected chi connectivity index (χ3v) is 6.65. The molecule has 0 radical (unpaired) electrons. The maximum Gasteiger partial charge on any atom is 0.234 e. The van der Waals surface area contributed by atoms with E-state index in [2.05, 4.69) is 32.6 Å². The van der Waals surface area contributed by atoms with E-state index >= 15 is 0 Å². The number of benzene rings is 2. The number of para-hydroxylation sites is 4. The number of nitrogens with zero attached hydrogens (tertiary/aromatic N) is 2. The van der Waals surface area contributed by atoms with Crippen LogP contribution in [0.2, 0.25) is 0 Å². The summed E-state index contributed by atoms with van der Waals surface area (Å²) in [6, 6.07) is 15.9. The molecule has 7 heteroatoms. The van der Waals surface area contributed by atoms with Crippen LogP contribution in [0, 0.1) is 0 Å². The molecule has 0 bridgehead atoms. The molecule has 2 aliphatic rings. The van der Waals surface area contributed by atoms with E-state index < -0.39 is 0 Å². The molecule has 164 valence electrons. The molecule has 0 spiro atoms. The molecule has 0 aromatic heterocycles. The Bertz CT molecular complexity index is 834. The third kappa shape index (κ3) is 5.73. The molecule has 2 N–H and O–H groups in total. The highest BCUT2D eigenvalue weighted by Crippen LogP contribution is 2.30. The van der Waals surface area contributed by atoms with E-state index in [0.717, 1.165) is 48.9 Å². The van der Waals surface area contributed by atoms with Gasteiger partial charge in [-0.2, -0.15) is 0 Å². The first-order chi connectivity index (χ1) is 15.2. The highest BCUT2D eigenvalue weighted by Gasteiger charge is 2.18. The van der Waals surface area contributed by atoms with E-state index in [1.165, 1.54) is 37.4 Å². The van der Waals surface area contributed by atoms with Crippen LogP contribution in [-0.4, -0.2) is 49.5 Å². The van der Waals surface area contributed by atoms with Crippen LogP contribution in [0.15, 0.2) is 48.5 Å². The second-order valence-corrected chi connectivity index (χ2v) is 9.00. The van der Waals surface area contributed by atoms with Crippen LogP contribution in [0.25, 0.3) is 0 Å². The second-order valence-electron chi connectivity index (χ2n) is 8.01. The van der Waals surface area contributed by atoms with E-state index in [4.69, 9.17) is 0 Å². The summed E-state index contributed by atoms with van der Waals surface area (Å²) in [5.74, 6) is 0.328. The van der Waals surface area contributed by atoms with E-state index in [1.807, 2.05) is 36.4 Å². The summed E-state index contributed by atoms with van der Waals surface area (Å²) in [6.07, 6.45) is 4.75. The predicted octanol–water partition coefficient (Wildman–Crippen LogP) is 4.20. The number of thioether (sulfide) groups is 1. The Morgan fingerprint density at radius 1 is 0.677 bits per heavy atom. The second kappa shape index (κ2) is 10.6. The van der Waals surface area contributed by atoms with Crippen molar-refractivity contribution >= 4 is 46.3 Å². The van der Waals surface area contributed by atoms with Gasteiger partial charge in [-0.15, -0.1) is 11.8 Å². The topological polar surface area (TPSA) is 64.7 Å². The first kappa shape index (κ1) is 21.6. The summed E-state index contributed by atoms with van der Waals surface area (Å²) >= 11 is 1.33. The van der Waals surface area contributed by atoms with Crippen LogP contribution in [0.1, 0.15) is 25.7 Å². The molecule has 2 aromatic carbocycles. The fourth-order valence-electron chi connectivity index (χ4n) is 4.24. The molecular weight excluding hydrogens is 408 g/mol. The van der Waals surface area contributed by atoms with Crippen molar-refractivity contribution in [1.82, 2.24) is 0 Å². The van der Waals surface area contributed by atoms with Gasteiger partial charge in [0, 0.05) is 26.2 Å². The van der Waals surface area contributed by atoms with Crippen LogP contribution < -0.4 is 20.4 Å². The van der Waals surface area contributed by atoms with Crippen molar-refractivity contribution in [1.29, 1.82) is 0 Å². The lowest BCUT2D eigenvalue weighted by Gasteiger charge is -2.21. The predicted molar refractivity (Wildman–Crippen MR) is 130 cm³/mol. The Labute approximate surface area is 188 Å². The van der Waals surface area contributed by atoms with Crippen molar-refractivity contribution in [2.24, 2.45) is 0 Å². The van der Waals surface area contributed by atoms with Gasteiger partial charge in [0.05, 0.1) is 34.3 Å². The van der Waals surface area contributed by atoms with Crippen molar-refractivity contribution in [3.8, 4) is 0 Å². The van der Waals surface area contributed by atoms with Crippen LogP contribution in [0.3, 0.4) is 0 Å². The number of carbonyl (C=O) groups excluding carboxylic acids is 2. The lowest BCUT2D eigenvalue weighted by atomic mass is 10.2. The fraction of sp³-hybridized carbons (Fsp3) is 0.417. The molecule has 2 saturated heterocycles. The van der Waals surface area contributed by atoms with E-state index in [-0.39, 0.29) is 23.3 Å². The Hall–Kier alpha value is -2.67. The number of anilines is 4. The van der Waals surface area contributed by atoms with Gasteiger partial charge in [0.15, 0.2) is 0 Å². The average molecular weight is 439 g/mol. The minimum Gasteiger partial charge on any atom is -0.370 e. The zero-order valence-corrected chi connectivity index (χ0v) is 18.6. The number of carbonyl (C=O) groups is 2. The monoisotopic (exact) mass is 438 g/mol. The normalized spacial score (nSPS) is 15.9. The largest absolute Gasteiger partial charge is 0.370 e. The molecule has 2 amide bonds. The van der Waals surface area contributed by atoms with Crippen molar-refractivity contribution < 1.29 is 9.59 Å². The maximum atomic E-state index is 12.5. The zero-order chi connectivity index (χ0) is 21.5. The number of amides is 2. The number of nitrogens with one attached hydrogen (secondary N) is 2. The number of rotatable bonds is 8. The van der Waals surface area contributed by atoms with Gasteiger partial charge in [0.1, 0.15) is 0 Å². The molecule has 0 aliphatic carbocycles. The van der Waals surface area contributed by atoms with Gasteiger partial charge in [-0.25, -0.2) is 0 Å². The third-order valence-electron chi connectivity index (χ3n) is 5.72. The summed E-state index contributed by atoms with van der Waals surface area (Å²) in [7, 11) is 0. The SMILES string of the molecule is O=C(CSCC(=O)Nc1ccccc1N1CCCC1)Nc1ccccc1N1CCCC1. The van der Waals surface area contributed by atoms with Gasteiger partial charge in [-0.05, 0) is 49.9 Å². The highest BCUT2D eigenvalue weighted by molar-refractivity contribution is 8.00. The number of hydrogen-bond donors (Lipinski definition) is 2. The Kier molecular flexibility index (Phi) is 7.35. The highest BCUT2D eigenvalue weighted by atomic mass is 32.2. The smallest absolute Gasteiger partial charge is 0.234 e. The van der Waals surface area contributed by atoms with E-state index in [9.17, 15) is 9.59 Å². The van der Waals surface area contributed by atoms with Gasteiger partial charge in [0.25, 0.3) is 0 Å². The van der Waals surface area contributed by atoms with Crippen LogP contribution >= 0.6 is 11.8 Å². The Morgan fingerprint density at radius 2 is 1.06 bits per heavy atom. The van der Waals surface area contributed by atoms with Gasteiger partial charge in [-0.3, -0.25) is 9.59 Å². The first-order valence-electron chi connectivity index (χ1n) is 11.1. The molecule has 2 aliphatic heterocycles. The molecule has 6 nitrogen and oxygen atoms in total. The molecule has 2 heterocycles. The molecule has 0 saturated carbocycles. The quantitative estimate of drug-likeness (QED) is 0.647. The summed E-state index contributed by atoms with van der Waals surface area (Å²) in [5.41, 5.74) is 3.85. The Balaban J connectivity index is 1.26. The Morgan fingerprint density at radius 3 is 1.48 bits per heavy atom. The summed E-state index contributed by atoms with van der Waals surface area (Å²) < 4.78 is 0. The maximum absolute atomic E-state index is 12.5. The van der Waals surface area contributed by atoms with Crippen LogP contribution in [0.4, 0.5) is 22.7 Å². The van der Waals surface area contributed by atoms with Crippen molar-refractivity contribution in [2.75, 3.05) is 58.1 Å². The van der Waals surface area contributed by atoms with Gasteiger partial charge in [0.2, 0.25) is 11.8 Å². The van der Waals surface area contributed by atoms with Gasteiger partial charge < -0.3 is 20.4 Å². The molecule has 4 rings (SSSR count). The van der Waals surface area contributed by atoms with E-state index in [1.54, 1.807) is 0 Å². The average Bonchev–Trinajstić information content (AvgIpc) is 3.49. The minimum absolute atomic E-state index is 0.0816. The summed E-state index contributed by atoms with van der Waals surface area (Å²) in [5, 5.41) is 6.03. The van der Waals surface area contributed by atoms with Gasteiger partial charge in [-0.1, -0.05) is 24.3 Å². The molecule has 2 aromatic rings. The molecule has 31 heavy (non-hydrogen) atoms. The molecule has 2 fully saturated rings. The summed E-state index contributed by atoms with van der Waals surface area (Å²) in [4.78, 5) is 29.5. The summed E-state index contributed by atoms with van der Waals surface area (Å²) in [6.45, 7) is 4.11. The molecule has 0 unspecified atom stereocenters. The molecular formula is C24H30N4O2S. The minimum atomic E-state index is -0.0816. The lowest BCUT2D eigenvalue weighted by Crippen LogP contribution is -2.23. The lowest BCUT2D eigenvalue weighted by molar-refractivity contribution is -0.114. The van der Waals surface area contributed by atoms with Crippen molar-refractivity contribution in [3.05, 3.63) is 48.5 Å². The fourth-order valence-corrected chi connectivity index (χ4v) is 4.85. The number of hydrogen-bond acceptors (Lipinski definition) is 5.